The average molecular weight is 339 g/mol. The van der Waals surface area contributed by atoms with E-state index in [1.54, 1.807) is 6.92 Å². The van der Waals surface area contributed by atoms with Crippen LogP contribution in [0.15, 0.2) is 11.4 Å². The Morgan fingerprint density at radius 3 is 1.29 bits per heavy atom. The van der Waals surface area contributed by atoms with Crippen molar-refractivity contribution in [2.75, 3.05) is 0 Å². The first kappa shape index (κ1) is 23.0. The van der Waals surface area contributed by atoms with E-state index in [1.165, 1.54) is 83.5 Å². The first-order valence-corrected chi connectivity index (χ1v) is 10.3. The summed E-state index contributed by atoms with van der Waals surface area (Å²) < 4.78 is 0. The van der Waals surface area contributed by atoms with E-state index in [0.29, 0.717) is 12.0 Å². The molecule has 0 aliphatic carbocycles. The lowest BCUT2D eigenvalue weighted by Gasteiger charge is -2.04. The van der Waals surface area contributed by atoms with Crippen molar-refractivity contribution in [1.29, 1.82) is 0 Å². The fourth-order valence-corrected chi connectivity index (χ4v) is 3.01. The number of rotatable bonds is 17. The standard InChI is InChI=1S/C21H42N2O/c1-3-4-5-6-7-8-9-10-11-12-13-14-15-16-17-18-20(24)19(2)21(22)23/h3-18,22-23H2,1-2H3. The van der Waals surface area contributed by atoms with Crippen molar-refractivity contribution in [1.82, 2.24) is 0 Å². The van der Waals surface area contributed by atoms with Crippen molar-refractivity contribution in [2.24, 2.45) is 11.5 Å². The minimum Gasteiger partial charge on any atom is -0.385 e. The highest BCUT2D eigenvalue weighted by Gasteiger charge is 2.06. The van der Waals surface area contributed by atoms with E-state index < -0.39 is 0 Å². The Bertz CT molecular complexity index is 333. The summed E-state index contributed by atoms with van der Waals surface area (Å²) in [7, 11) is 0. The summed E-state index contributed by atoms with van der Waals surface area (Å²) in [5.74, 6) is 0.269. The number of hydrogen-bond acceptors (Lipinski definition) is 3. The molecule has 0 heterocycles. The molecule has 0 spiro atoms. The normalized spacial score (nSPS) is 10.8. The third-order valence-corrected chi connectivity index (χ3v) is 4.86. The van der Waals surface area contributed by atoms with Gasteiger partial charge in [-0.25, -0.2) is 0 Å². The number of allylic oxidation sites excluding steroid dienone is 1. The zero-order chi connectivity index (χ0) is 18.0. The van der Waals surface area contributed by atoms with E-state index in [1.807, 2.05) is 0 Å². The molecule has 0 fully saturated rings. The monoisotopic (exact) mass is 338 g/mol. The van der Waals surface area contributed by atoms with Gasteiger partial charge in [0, 0.05) is 12.0 Å². The maximum Gasteiger partial charge on any atom is 0.162 e. The Labute approximate surface area is 150 Å². The Balaban J connectivity index is 3.21. The van der Waals surface area contributed by atoms with E-state index in [4.69, 9.17) is 11.5 Å². The number of unbranched alkanes of at least 4 members (excludes halogenated alkanes) is 14. The molecule has 142 valence electrons. The fraction of sp³-hybridized carbons (Fsp3) is 0.857. The van der Waals surface area contributed by atoms with Crippen LogP contribution in [0.1, 0.15) is 117 Å². The van der Waals surface area contributed by atoms with Gasteiger partial charge in [-0.05, 0) is 13.3 Å². The molecule has 0 bridgehead atoms. The van der Waals surface area contributed by atoms with Crippen molar-refractivity contribution >= 4 is 5.78 Å². The number of hydrogen-bond donors (Lipinski definition) is 2. The van der Waals surface area contributed by atoms with Crippen LogP contribution < -0.4 is 11.5 Å². The maximum absolute atomic E-state index is 11.7. The van der Waals surface area contributed by atoms with Crippen LogP contribution in [0.3, 0.4) is 0 Å². The van der Waals surface area contributed by atoms with Crippen LogP contribution in [0, 0.1) is 0 Å². The highest BCUT2D eigenvalue weighted by atomic mass is 16.1. The largest absolute Gasteiger partial charge is 0.385 e. The van der Waals surface area contributed by atoms with Crippen LogP contribution in [-0.2, 0) is 4.79 Å². The van der Waals surface area contributed by atoms with Crippen LogP contribution in [0.2, 0.25) is 0 Å². The van der Waals surface area contributed by atoms with Gasteiger partial charge in [-0.2, -0.15) is 0 Å². The summed E-state index contributed by atoms with van der Waals surface area (Å²) >= 11 is 0. The van der Waals surface area contributed by atoms with Gasteiger partial charge in [0.25, 0.3) is 0 Å². The molecule has 0 saturated heterocycles. The summed E-state index contributed by atoms with van der Waals surface area (Å²) in [5.41, 5.74) is 11.4. The van der Waals surface area contributed by atoms with Gasteiger partial charge in [-0.15, -0.1) is 0 Å². The number of carbonyl (C=O) groups is 1. The second-order valence-electron chi connectivity index (χ2n) is 7.20. The van der Waals surface area contributed by atoms with Gasteiger partial charge < -0.3 is 11.5 Å². The average Bonchev–Trinajstić information content (AvgIpc) is 2.57. The molecule has 24 heavy (non-hydrogen) atoms. The molecule has 0 aromatic rings. The van der Waals surface area contributed by atoms with Crippen molar-refractivity contribution in [2.45, 2.75) is 117 Å². The molecule has 3 heteroatoms. The molecule has 4 N–H and O–H groups in total. The third-order valence-electron chi connectivity index (χ3n) is 4.86. The van der Waals surface area contributed by atoms with Gasteiger partial charge in [-0.1, -0.05) is 96.8 Å². The predicted octanol–water partition coefficient (Wildman–Crippen LogP) is 5.97. The Kier molecular flexibility index (Phi) is 16.2. The van der Waals surface area contributed by atoms with Gasteiger partial charge in [0.2, 0.25) is 0 Å². The Morgan fingerprint density at radius 1 is 0.625 bits per heavy atom. The number of carbonyl (C=O) groups excluding carboxylic acids is 1. The quantitative estimate of drug-likeness (QED) is 0.254. The van der Waals surface area contributed by atoms with Gasteiger partial charge in [0.15, 0.2) is 5.78 Å². The summed E-state index contributed by atoms with van der Waals surface area (Å²) in [6.45, 7) is 3.98. The van der Waals surface area contributed by atoms with Crippen molar-refractivity contribution < 1.29 is 4.79 Å². The van der Waals surface area contributed by atoms with Crippen molar-refractivity contribution in [3.63, 3.8) is 0 Å². The molecular weight excluding hydrogens is 296 g/mol. The van der Waals surface area contributed by atoms with Crippen LogP contribution >= 0.6 is 0 Å². The summed E-state index contributed by atoms with van der Waals surface area (Å²) in [6.07, 6.45) is 20.7. The van der Waals surface area contributed by atoms with Gasteiger partial charge >= 0.3 is 0 Å². The zero-order valence-electron chi connectivity index (χ0n) is 16.4. The number of Topliss-reactive ketones (excluding diaryl/α,β-unsaturated/α-hetero) is 1. The van der Waals surface area contributed by atoms with E-state index in [-0.39, 0.29) is 11.6 Å². The molecule has 3 nitrogen and oxygen atoms in total. The Morgan fingerprint density at radius 2 is 0.958 bits per heavy atom. The van der Waals surface area contributed by atoms with E-state index in [0.717, 1.165) is 12.8 Å². The lowest BCUT2D eigenvalue weighted by Crippen LogP contribution is -2.15. The molecule has 0 amide bonds. The molecule has 0 unspecified atom stereocenters. The fourth-order valence-electron chi connectivity index (χ4n) is 3.01. The number of ketones is 1. The second-order valence-corrected chi connectivity index (χ2v) is 7.20. The SMILES string of the molecule is CCCCCCCCCCCCCCCCCC(=O)C(C)=C(N)N. The lowest BCUT2D eigenvalue weighted by molar-refractivity contribution is -0.115. The molecular formula is C21H42N2O. The number of nitrogens with two attached hydrogens (primary N) is 2. The molecule has 0 rings (SSSR count). The van der Waals surface area contributed by atoms with Gasteiger partial charge in [0.05, 0.1) is 5.82 Å². The smallest absolute Gasteiger partial charge is 0.162 e. The Hall–Kier alpha value is -0.990. The maximum atomic E-state index is 11.7. The van der Waals surface area contributed by atoms with Crippen LogP contribution in [0.5, 0.6) is 0 Å². The molecule has 0 aromatic heterocycles. The van der Waals surface area contributed by atoms with E-state index >= 15 is 0 Å². The highest BCUT2D eigenvalue weighted by molar-refractivity contribution is 5.95. The molecule has 0 saturated carbocycles. The molecule has 0 radical (unpaired) electrons. The van der Waals surface area contributed by atoms with E-state index in [9.17, 15) is 4.79 Å². The predicted molar refractivity (Wildman–Crippen MR) is 106 cm³/mol. The summed E-state index contributed by atoms with van der Waals surface area (Å²) in [5, 5.41) is 0. The molecule has 0 aliphatic rings. The summed E-state index contributed by atoms with van der Waals surface area (Å²) in [4.78, 5) is 11.7. The van der Waals surface area contributed by atoms with Gasteiger partial charge in [-0.3, -0.25) is 4.79 Å². The molecule has 0 atom stereocenters. The highest BCUT2D eigenvalue weighted by Crippen LogP contribution is 2.14. The molecule has 0 aliphatic heterocycles. The first-order valence-electron chi connectivity index (χ1n) is 10.3. The van der Waals surface area contributed by atoms with Crippen molar-refractivity contribution in [3.05, 3.63) is 11.4 Å². The topological polar surface area (TPSA) is 69.1 Å². The zero-order valence-corrected chi connectivity index (χ0v) is 16.4. The van der Waals surface area contributed by atoms with Crippen molar-refractivity contribution in [3.8, 4) is 0 Å². The van der Waals surface area contributed by atoms with Crippen LogP contribution in [-0.4, -0.2) is 5.78 Å². The lowest BCUT2D eigenvalue weighted by atomic mass is 10.0. The van der Waals surface area contributed by atoms with Crippen LogP contribution in [0.4, 0.5) is 0 Å². The first-order chi connectivity index (χ1) is 11.6. The van der Waals surface area contributed by atoms with E-state index in [2.05, 4.69) is 6.92 Å². The molecule has 0 aromatic carbocycles. The third kappa shape index (κ3) is 14.6. The summed E-state index contributed by atoms with van der Waals surface area (Å²) in [6, 6.07) is 0. The minimum atomic E-state index is 0.102. The van der Waals surface area contributed by atoms with Crippen LogP contribution in [0.25, 0.3) is 0 Å². The minimum absolute atomic E-state index is 0.102. The second kappa shape index (κ2) is 16.9. The van der Waals surface area contributed by atoms with Gasteiger partial charge in [0.1, 0.15) is 0 Å².